The average molecular weight is 212 g/mol. The number of nitrogens with one attached hydrogen (secondary N) is 1. The number of hydrogen-bond acceptors (Lipinski definition) is 5. The van der Waals surface area contributed by atoms with E-state index < -0.39 is 0 Å². The lowest BCUT2D eigenvalue weighted by molar-refractivity contribution is 0.337. The number of nitrogens with zero attached hydrogens (tertiary/aromatic N) is 3. The molecule has 0 unspecified atom stereocenters. The van der Waals surface area contributed by atoms with Gasteiger partial charge in [0.2, 0.25) is 5.13 Å². The van der Waals surface area contributed by atoms with Crippen LogP contribution in [0.15, 0.2) is 0 Å². The predicted molar refractivity (Wildman–Crippen MR) is 58.8 cm³/mol. The molecule has 0 saturated heterocycles. The number of aromatic nitrogens is 2. The second kappa shape index (κ2) is 4.23. The summed E-state index contributed by atoms with van der Waals surface area (Å²) in [5, 5.41) is 4.22. The van der Waals surface area contributed by atoms with Crippen molar-refractivity contribution in [3.8, 4) is 0 Å². The highest BCUT2D eigenvalue weighted by atomic mass is 32.1. The van der Waals surface area contributed by atoms with Gasteiger partial charge in [0.15, 0.2) is 0 Å². The van der Waals surface area contributed by atoms with Crippen molar-refractivity contribution >= 4 is 16.7 Å². The summed E-state index contributed by atoms with van der Waals surface area (Å²) in [4.78, 5) is 6.65. The minimum Gasteiger partial charge on any atom is -0.359 e. The van der Waals surface area contributed by atoms with Gasteiger partial charge in [0.1, 0.15) is 5.82 Å². The number of likely N-dealkylation sites (N-methyl/N-ethyl adjacent to an activating group) is 1. The summed E-state index contributed by atoms with van der Waals surface area (Å²) < 4.78 is 4.12. The minimum absolute atomic E-state index is 0.841. The van der Waals surface area contributed by atoms with Gasteiger partial charge < -0.3 is 10.2 Å². The minimum atomic E-state index is 0.841. The van der Waals surface area contributed by atoms with Crippen LogP contribution in [0.4, 0.5) is 5.13 Å². The predicted octanol–water partition coefficient (Wildman–Crippen LogP) is 1.35. The van der Waals surface area contributed by atoms with Crippen molar-refractivity contribution in [1.82, 2.24) is 14.3 Å². The molecule has 1 heterocycles. The van der Waals surface area contributed by atoms with Crippen LogP contribution in [-0.4, -0.2) is 40.4 Å². The van der Waals surface area contributed by atoms with Gasteiger partial charge in [0, 0.05) is 30.7 Å². The van der Waals surface area contributed by atoms with E-state index in [0.717, 1.165) is 30.1 Å². The fourth-order valence-corrected chi connectivity index (χ4v) is 2.00. The molecule has 1 aliphatic carbocycles. The summed E-state index contributed by atoms with van der Waals surface area (Å²) >= 11 is 1.43. The average Bonchev–Trinajstić information content (AvgIpc) is 2.92. The Morgan fingerprint density at radius 2 is 2.36 bits per heavy atom. The zero-order chi connectivity index (χ0) is 9.97. The van der Waals surface area contributed by atoms with Crippen LogP contribution in [0.25, 0.3) is 0 Å². The summed E-state index contributed by atoms with van der Waals surface area (Å²) in [6.07, 6.45) is 2.74. The second-order valence-electron chi connectivity index (χ2n) is 3.79. The van der Waals surface area contributed by atoms with Crippen LogP contribution in [-0.2, 0) is 0 Å². The SMILES string of the molecule is Cc1nsc(NCCN(C)C2CC2)n1. The van der Waals surface area contributed by atoms with Gasteiger partial charge in [-0.15, -0.1) is 0 Å². The largest absolute Gasteiger partial charge is 0.359 e. The lowest BCUT2D eigenvalue weighted by atomic mass is 10.5. The summed E-state index contributed by atoms with van der Waals surface area (Å²) in [7, 11) is 2.19. The molecule has 5 heteroatoms. The third-order valence-corrected chi connectivity index (χ3v) is 3.20. The van der Waals surface area contributed by atoms with Gasteiger partial charge in [-0.2, -0.15) is 4.37 Å². The zero-order valence-corrected chi connectivity index (χ0v) is 9.47. The molecule has 1 fully saturated rings. The number of rotatable bonds is 5. The van der Waals surface area contributed by atoms with E-state index >= 15 is 0 Å². The van der Waals surface area contributed by atoms with E-state index in [1.165, 1.54) is 24.4 Å². The van der Waals surface area contributed by atoms with Crippen molar-refractivity contribution < 1.29 is 0 Å². The maximum Gasteiger partial charge on any atom is 0.202 e. The monoisotopic (exact) mass is 212 g/mol. The summed E-state index contributed by atoms with van der Waals surface area (Å²) in [5.74, 6) is 0.855. The summed E-state index contributed by atoms with van der Waals surface area (Å²) in [5.41, 5.74) is 0. The lowest BCUT2D eigenvalue weighted by Gasteiger charge is -2.14. The molecule has 1 N–H and O–H groups in total. The number of aryl methyl sites for hydroxylation is 1. The van der Waals surface area contributed by atoms with Crippen molar-refractivity contribution in [2.45, 2.75) is 25.8 Å². The normalized spacial score (nSPS) is 16.2. The van der Waals surface area contributed by atoms with E-state index in [1.807, 2.05) is 6.92 Å². The van der Waals surface area contributed by atoms with Crippen molar-refractivity contribution in [1.29, 1.82) is 0 Å². The molecule has 4 nitrogen and oxygen atoms in total. The molecule has 0 radical (unpaired) electrons. The van der Waals surface area contributed by atoms with Crippen LogP contribution in [0.3, 0.4) is 0 Å². The fourth-order valence-electron chi connectivity index (χ4n) is 1.41. The second-order valence-corrected chi connectivity index (χ2v) is 4.54. The van der Waals surface area contributed by atoms with Gasteiger partial charge in [-0.3, -0.25) is 0 Å². The maximum atomic E-state index is 4.25. The van der Waals surface area contributed by atoms with Gasteiger partial charge in [-0.05, 0) is 26.8 Å². The topological polar surface area (TPSA) is 41.1 Å². The molecule has 1 aromatic heterocycles. The van der Waals surface area contributed by atoms with Crippen LogP contribution in [0, 0.1) is 6.92 Å². The van der Waals surface area contributed by atoms with Gasteiger partial charge in [0.05, 0.1) is 0 Å². The number of anilines is 1. The van der Waals surface area contributed by atoms with E-state index in [1.54, 1.807) is 0 Å². The Morgan fingerprint density at radius 3 is 2.93 bits per heavy atom. The van der Waals surface area contributed by atoms with Crippen LogP contribution in [0.1, 0.15) is 18.7 Å². The number of hydrogen-bond donors (Lipinski definition) is 1. The maximum absolute atomic E-state index is 4.25. The molecule has 0 amide bonds. The Hall–Kier alpha value is -0.680. The molecule has 0 aliphatic heterocycles. The molecule has 1 aromatic rings. The zero-order valence-electron chi connectivity index (χ0n) is 8.66. The molecule has 0 spiro atoms. The molecule has 0 atom stereocenters. The van der Waals surface area contributed by atoms with Crippen LogP contribution in [0.5, 0.6) is 0 Å². The quantitative estimate of drug-likeness (QED) is 0.800. The first kappa shape index (κ1) is 9.86. The van der Waals surface area contributed by atoms with Gasteiger partial charge in [-0.25, -0.2) is 4.98 Å². The smallest absolute Gasteiger partial charge is 0.202 e. The Kier molecular flexibility index (Phi) is 2.98. The van der Waals surface area contributed by atoms with Gasteiger partial charge >= 0.3 is 0 Å². The molecule has 14 heavy (non-hydrogen) atoms. The molecule has 1 aliphatic rings. The standard InChI is InChI=1S/C9H16N4S/c1-7-11-9(14-12-7)10-5-6-13(2)8-3-4-8/h8H,3-6H2,1-2H3,(H,10,11,12). The molecule has 2 rings (SSSR count). The summed E-state index contributed by atoms with van der Waals surface area (Å²) in [6, 6.07) is 0.841. The van der Waals surface area contributed by atoms with Crippen molar-refractivity contribution in [2.75, 3.05) is 25.5 Å². The van der Waals surface area contributed by atoms with Crippen LogP contribution in [0.2, 0.25) is 0 Å². The first-order valence-electron chi connectivity index (χ1n) is 5.00. The molecule has 1 saturated carbocycles. The Morgan fingerprint density at radius 1 is 1.57 bits per heavy atom. The van der Waals surface area contributed by atoms with Crippen molar-refractivity contribution in [2.24, 2.45) is 0 Å². The van der Waals surface area contributed by atoms with Gasteiger partial charge in [0.25, 0.3) is 0 Å². The Labute approximate surface area is 88.5 Å². The highest BCUT2D eigenvalue weighted by Gasteiger charge is 2.25. The Balaban J connectivity index is 1.67. The third kappa shape index (κ3) is 2.65. The molecular formula is C9H16N4S. The first-order chi connectivity index (χ1) is 6.75. The van der Waals surface area contributed by atoms with E-state index in [4.69, 9.17) is 0 Å². The first-order valence-corrected chi connectivity index (χ1v) is 5.77. The van der Waals surface area contributed by atoms with E-state index in [-0.39, 0.29) is 0 Å². The van der Waals surface area contributed by atoms with E-state index in [9.17, 15) is 0 Å². The molecule has 0 bridgehead atoms. The fraction of sp³-hybridized carbons (Fsp3) is 0.778. The third-order valence-electron chi connectivity index (χ3n) is 2.44. The van der Waals surface area contributed by atoms with E-state index in [0.29, 0.717) is 0 Å². The Bertz CT molecular complexity index is 295. The van der Waals surface area contributed by atoms with Crippen LogP contribution < -0.4 is 5.32 Å². The molecule has 78 valence electrons. The highest BCUT2D eigenvalue weighted by Crippen LogP contribution is 2.24. The lowest BCUT2D eigenvalue weighted by Crippen LogP contribution is -2.26. The molecule has 0 aromatic carbocycles. The van der Waals surface area contributed by atoms with Crippen molar-refractivity contribution in [3.05, 3.63) is 5.82 Å². The van der Waals surface area contributed by atoms with Crippen molar-refractivity contribution in [3.63, 3.8) is 0 Å². The summed E-state index contributed by atoms with van der Waals surface area (Å²) in [6.45, 7) is 3.96. The van der Waals surface area contributed by atoms with E-state index in [2.05, 4.69) is 26.6 Å². The molecular weight excluding hydrogens is 196 g/mol. The van der Waals surface area contributed by atoms with Crippen LogP contribution >= 0.6 is 11.5 Å². The van der Waals surface area contributed by atoms with Gasteiger partial charge in [-0.1, -0.05) is 0 Å². The highest BCUT2D eigenvalue weighted by molar-refractivity contribution is 7.09.